The SMILES string of the molecule is COc1cc(NC(=O)CSc2nnc(Cc3cccs3)n2-c2ccc(C)cc2)cc(OC)c1. The van der Waals surface area contributed by atoms with Crippen molar-refractivity contribution >= 4 is 34.7 Å². The summed E-state index contributed by atoms with van der Waals surface area (Å²) in [7, 11) is 3.14. The van der Waals surface area contributed by atoms with Gasteiger partial charge in [0.1, 0.15) is 17.3 Å². The molecule has 0 saturated heterocycles. The zero-order chi connectivity index (χ0) is 23.2. The number of aromatic nitrogens is 3. The number of ether oxygens (including phenoxy) is 2. The topological polar surface area (TPSA) is 78.3 Å². The van der Waals surface area contributed by atoms with Crippen molar-refractivity contribution in [3.05, 3.63) is 76.2 Å². The number of thiophene rings is 1. The lowest BCUT2D eigenvalue weighted by molar-refractivity contribution is -0.113. The summed E-state index contributed by atoms with van der Waals surface area (Å²) in [5, 5.41) is 14.4. The average molecular weight is 481 g/mol. The van der Waals surface area contributed by atoms with Gasteiger partial charge in [-0.25, -0.2) is 0 Å². The molecule has 9 heteroatoms. The lowest BCUT2D eigenvalue weighted by atomic mass is 10.2. The van der Waals surface area contributed by atoms with Crippen LogP contribution in [0.3, 0.4) is 0 Å². The number of aryl methyl sites for hydroxylation is 1. The molecule has 4 rings (SSSR count). The molecule has 2 heterocycles. The predicted molar refractivity (Wildman–Crippen MR) is 132 cm³/mol. The first kappa shape index (κ1) is 22.9. The summed E-state index contributed by atoms with van der Waals surface area (Å²) < 4.78 is 12.6. The molecule has 170 valence electrons. The van der Waals surface area contributed by atoms with Gasteiger partial charge < -0.3 is 14.8 Å². The van der Waals surface area contributed by atoms with Crippen molar-refractivity contribution in [3.63, 3.8) is 0 Å². The van der Waals surface area contributed by atoms with Crippen LogP contribution in [0.15, 0.2) is 65.1 Å². The molecule has 0 atom stereocenters. The number of carbonyl (C=O) groups excluding carboxylic acids is 1. The molecule has 4 aromatic rings. The molecule has 0 aliphatic heterocycles. The second-order valence-electron chi connectivity index (χ2n) is 7.26. The fraction of sp³-hybridized carbons (Fsp3) is 0.208. The Morgan fingerprint density at radius 2 is 1.79 bits per heavy atom. The molecule has 2 aromatic heterocycles. The van der Waals surface area contributed by atoms with Gasteiger partial charge in [0.15, 0.2) is 5.16 Å². The summed E-state index contributed by atoms with van der Waals surface area (Å²) in [5.74, 6) is 2.07. The summed E-state index contributed by atoms with van der Waals surface area (Å²) in [4.78, 5) is 13.9. The van der Waals surface area contributed by atoms with E-state index in [9.17, 15) is 4.79 Å². The molecule has 1 amide bonds. The van der Waals surface area contributed by atoms with E-state index in [2.05, 4.69) is 46.0 Å². The van der Waals surface area contributed by atoms with Crippen molar-refractivity contribution in [2.24, 2.45) is 0 Å². The summed E-state index contributed by atoms with van der Waals surface area (Å²) in [6, 6.07) is 17.6. The normalized spacial score (nSPS) is 10.8. The lowest BCUT2D eigenvalue weighted by Gasteiger charge is -2.11. The Morgan fingerprint density at radius 1 is 1.06 bits per heavy atom. The largest absolute Gasteiger partial charge is 0.497 e. The minimum absolute atomic E-state index is 0.159. The number of benzene rings is 2. The zero-order valence-corrected chi connectivity index (χ0v) is 20.2. The summed E-state index contributed by atoms with van der Waals surface area (Å²) >= 11 is 3.03. The Balaban J connectivity index is 1.52. The molecule has 0 bridgehead atoms. The van der Waals surface area contributed by atoms with Gasteiger partial charge in [-0.05, 0) is 30.5 Å². The molecular weight excluding hydrogens is 456 g/mol. The molecule has 0 saturated carbocycles. The molecule has 0 aliphatic carbocycles. The molecule has 2 aromatic carbocycles. The van der Waals surface area contributed by atoms with Crippen LogP contribution in [-0.2, 0) is 11.2 Å². The Morgan fingerprint density at radius 3 is 2.42 bits per heavy atom. The number of hydrogen-bond donors (Lipinski definition) is 1. The van der Waals surface area contributed by atoms with E-state index in [4.69, 9.17) is 9.47 Å². The molecule has 0 radical (unpaired) electrons. The Hall–Kier alpha value is -3.30. The predicted octanol–water partition coefficient (Wildman–Crippen LogP) is 4.98. The van der Waals surface area contributed by atoms with E-state index in [1.807, 2.05) is 22.8 Å². The third kappa shape index (κ3) is 5.74. The first-order valence-electron chi connectivity index (χ1n) is 10.2. The van der Waals surface area contributed by atoms with Crippen LogP contribution in [-0.4, -0.2) is 40.6 Å². The van der Waals surface area contributed by atoms with Gasteiger partial charge in [0, 0.05) is 40.9 Å². The van der Waals surface area contributed by atoms with Crippen molar-refractivity contribution in [2.75, 3.05) is 25.3 Å². The van der Waals surface area contributed by atoms with Gasteiger partial charge in [-0.2, -0.15) is 0 Å². The zero-order valence-electron chi connectivity index (χ0n) is 18.6. The van der Waals surface area contributed by atoms with Crippen LogP contribution in [0.2, 0.25) is 0 Å². The van der Waals surface area contributed by atoms with Gasteiger partial charge in [-0.1, -0.05) is 35.5 Å². The van der Waals surface area contributed by atoms with Crippen molar-refractivity contribution in [3.8, 4) is 17.2 Å². The van der Waals surface area contributed by atoms with Gasteiger partial charge in [-0.3, -0.25) is 9.36 Å². The minimum Gasteiger partial charge on any atom is -0.497 e. The highest BCUT2D eigenvalue weighted by atomic mass is 32.2. The minimum atomic E-state index is -0.159. The van der Waals surface area contributed by atoms with Crippen molar-refractivity contribution in [1.82, 2.24) is 14.8 Å². The number of hydrogen-bond acceptors (Lipinski definition) is 7. The first-order valence-corrected chi connectivity index (χ1v) is 12.1. The molecule has 1 N–H and O–H groups in total. The second-order valence-corrected chi connectivity index (χ2v) is 9.24. The number of anilines is 1. The Kier molecular flexibility index (Phi) is 7.31. The van der Waals surface area contributed by atoms with E-state index >= 15 is 0 Å². The van der Waals surface area contributed by atoms with Gasteiger partial charge in [0.05, 0.1) is 20.0 Å². The number of thioether (sulfide) groups is 1. The highest BCUT2D eigenvalue weighted by Crippen LogP contribution is 2.27. The standard InChI is InChI=1S/C24H24N4O3S2/c1-16-6-8-18(9-7-16)28-22(14-21-5-4-10-32-21)26-27-24(28)33-15-23(29)25-17-11-19(30-2)13-20(12-17)31-3/h4-13H,14-15H2,1-3H3,(H,25,29). The van der Waals surface area contributed by atoms with Crippen LogP contribution < -0.4 is 14.8 Å². The molecule has 0 aliphatic rings. The van der Waals surface area contributed by atoms with Gasteiger partial charge in [0.2, 0.25) is 5.91 Å². The third-order valence-corrected chi connectivity index (χ3v) is 6.68. The maximum Gasteiger partial charge on any atom is 0.234 e. The number of nitrogens with one attached hydrogen (secondary N) is 1. The smallest absolute Gasteiger partial charge is 0.234 e. The van der Waals surface area contributed by atoms with Crippen molar-refractivity contribution in [2.45, 2.75) is 18.5 Å². The fourth-order valence-corrected chi connectivity index (χ4v) is 4.71. The van der Waals surface area contributed by atoms with Gasteiger partial charge in [-0.15, -0.1) is 21.5 Å². The van der Waals surface area contributed by atoms with Crippen molar-refractivity contribution in [1.29, 1.82) is 0 Å². The van der Waals surface area contributed by atoms with Crippen LogP contribution in [0.4, 0.5) is 5.69 Å². The van der Waals surface area contributed by atoms with Gasteiger partial charge in [0.25, 0.3) is 0 Å². The quantitative estimate of drug-likeness (QED) is 0.341. The molecule has 0 unspecified atom stereocenters. The van der Waals surface area contributed by atoms with Crippen molar-refractivity contribution < 1.29 is 14.3 Å². The number of rotatable bonds is 9. The number of methoxy groups -OCH3 is 2. The molecule has 0 spiro atoms. The van der Waals surface area contributed by atoms with E-state index in [0.29, 0.717) is 28.8 Å². The second kappa shape index (κ2) is 10.5. The van der Waals surface area contributed by atoms with E-state index in [-0.39, 0.29) is 11.7 Å². The average Bonchev–Trinajstić information content (AvgIpc) is 3.48. The number of amides is 1. The highest BCUT2D eigenvalue weighted by Gasteiger charge is 2.17. The van der Waals surface area contributed by atoms with Crippen LogP contribution >= 0.6 is 23.1 Å². The van der Waals surface area contributed by atoms with Crippen LogP contribution in [0, 0.1) is 6.92 Å². The number of carbonyl (C=O) groups is 1. The third-order valence-electron chi connectivity index (χ3n) is 4.87. The summed E-state index contributed by atoms with van der Waals surface area (Å²) in [6.45, 7) is 2.05. The van der Waals surface area contributed by atoms with E-state index in [0.717, 1.165) is 11.5 Å². The van der Waals surface area contributed by atoms with Crippen LogP contribution in [0.25, 0.3) is 5.69 Å². The highest BCUT2D eigenvalue weighted by molar-refractivity contribution is 7.99. The Labute approximate surface area is 200 Å². The molecule has 0 fully saturated rings. The van der Waals surface area contributed by atoms with E-state index < -0.39 is 0 Å². The van der Waals surface area contributed by atoms with Crippen LogP contribution in [0.5, 0.6) is 11.5 Å². The molecule has 7 nitrogen and oxygen atoms in total. The summed E-state index contributed by atoms with van der Waals surface area (Å²) in [5.41, 5.74) is 2.75. The molecular formula is C24H24N4O3S2. The lowest BCUT2D eigenvalue weighted by Crippen LogP contribution is -2.15. The maximum atomic E-state index is 12.7. The van der Waals surface area contributed by atoms with E-state index in [1.165, 1.54) is 22.2 Å². The first-order chi connectivity index (χ1) is 16.1. The monoisotopic (exact) mass is 480 g/mol. The van der Waals surface area contributed by atoms with Gasteiger partial charge >= 0.3 is 0 Å². The molecule has 33 heavy (non-hydrogen) atoms. The number of nitrogens with zero attached hydrogens (tertiary/aromatic N) is 3. The Bertz CT molecular complexity index is 1200. The maximum absolute atomic E-state index is 12.7. The van der Waals surface area contributed by atoms with Crippen LogP contribution in [0.1, 0.15) is 16.3 Å². The summed E-state index contributed by atoms with van der Waals surface area (Å²) in [6.07, 6.45) is 0.676. The van der Waals surface area contributed by atoms with E-state index in [1.54, 1.807) is 43.8 Å². The fourth-order valence-electron chi connectivity index (χ4n) is 3.24.